The average Bonchev–Trinajstić information content (AvgIpc) is 2.91. The summed E-state index contributed by atoms with van der Waals surface area (Å²) >= 11 is 7.58. The van der Waals surface area contributed by atoms with Gasteiger partial charge in [-0.05, 0) is 25.1 Å². The molecular weight excluding hydrogens is 294 g/mol. The molecule has 3 rings (SSSR count). The van der Waals surface area contributed by atoms with Crippen LogP contribution in [0.2, 0.25) is 4.34 Å². The number of ether oxygens (including phenoxy) is 2. The van der Waals surface area contributed by atoms with Crippen molar-refractivity contribution in [2.75, 3.05) is 13.2 Å². The Morgan fingerprint density at radius 1 is 1.25 bits per heavy atom. The first kappa shape index (κ1) is 13.7. The van der Waals surface area contributed by atoms with Gasteiger partial charge in [-0.1, -0.05) is 23.7 Å². The monoisotopic (exact) mass is 309 g/mol. The van der Waals surface area contributed by atoms with Crippen LogP contribution in [0.4, 0.5) is 0 Å². The number of benzene rings is 1. The second kappa shape index (κ2) is 6.04. The molecule has 1 aromatic carbocycles. The lowest BCUT2D eigenvalue weighted by Crippen LogP contribution is -2.20. The number of thiophene rings is 1. The average molecular weight is 310 g/mol. The molecule has 0 saturated heterocycles. The molecule has 0 radical (unpaired) electrons. The van der Waals surface area contributed by atoms with E-state index >= 15 is 0 Å². The van der Waals surface area contributed by atoms with E-state index in [-0.39, 0.29) is 6.04 Å². The summed E-state index contributed by atoms with van der Waals surface area (Å²) in [5, 5.41) is 3.49. The molecule has 1 aromatic heterocycles. The SMILES string of the molecule is CC(NCc1cccc2c1OCCO2)c1ccc(Cl)s1. The first-order chi connectivity index (χ1) is 9.74. The zero-order valence-corrected chi connectivity index (χ0v) is 12.8. The summed E-state index contributed by atoms with van der Waals surface area (Å²) < 4.78 is 12.1. The molecule has 0 amide bonds. The van der Waals surface area contributed by atoms with Crippen molar-refractivity contribution in [2.24, 2.45) is 0 Å². The fraction of sp³-hybridized carbons (Fsp3) is 0.333. The number of fused-ring (bicyclic) bond motifs is 1. The third-order valence-corrected chi connectivity index (χ3v) is 4.68. The van der Waals surface area contributed by atoms with E-state index in [1.165, 1.54) is 4.88 Å². The molecule has 106 valence electrons. The zero-order valence-electron chi connectivity index (χ0n) is 11.2. The fourth-order valence-electron chi connectivity index (χ4n) is 2.20. The number of rotatable bonds is 4. The Labute approximate surface area is 127 Å². The lowest BCUT2D eigenvalue weighted by Gasteiger charge is -2.22. The smallest absolute Gasteiger partial charge is 0.165 e. The van der Waals surface area contributed by atoms with Crippen LogP contribution in [0.5, 0.6) is 11.5 Å². The van der Waals surface area contributed by atoms with E-state index in [4.69, 9.17) is 21.1 Å². The third-order valence-electron chi connectivity index (χ3n) is 3.27. The van der Waals surface area contributed by atoms with Crippen LogP contribution in [0.15, 0.2) is 30.3 Å². The molecule has 0 spiro atoms. The van der Waals surface area contributed by atoms with Gasteiger partial charge in [-0.2, -0.15) is 0 Å². The van der Waals surface area contributed by atoms with Crippen LogP contribution in [0.3, 0.4) is 0 Å². The van der Waals surface area contributed by atoms with Gasteiger partial charge in [0.05, 0.1) is 4.34 Å². The first-order valence-corrected chi connectivity index (χ1v) is 7.79. The second-order valence-corrected chi connectivity index (χ2v) is 6.43. The van der Waals surface area contributed by atoms with E-state index in [9.17, 15) is 0 Å². The maximum atomic E-state index is 5.97. The molecule has 5 heteroatoms. The Bertz CT molecular complexity index is 599. The Morgan fingerprint density at radius 2 is 2.10 bits per heavy atom. The lowest BCUT2D eigenvalue weighted by molar-refractivity contribution is 0.169. The lowest BCUT2D eigenvalue weighted by atomic mass is 10.1. The van der Waals surface area contributed by atoms with E-state index in [0.717, 1.165) is 27.9 Å². The Kier molecular flexibility index (Phi) is 4.15. The number of nitrogens with one attached hydrogen (secondary N) is 1. The van der Waals surface area contributed by atoms with Gasteiger partial charge >= 0.3 is 0 Å². The van der Waals surface area contributed by atoms with Crippen molar-refractivity contribution < 1.29 is 9.47 Å². The summed E-state index contributed by atoms with van der Waals surface area (Å²) in [4.78, 5) is 1.23. The predicted molar refractivity (Wildman–Crippen MR) is 82.0 cm³/mol. The van der Waals surface area contributed by atoms with E-state index in [1.54, 1.807) is 11.3 Å². The molecule has 20 heavy (non-hydrogen) atoms. The first-order valence-electron chi connectivity index (χ1n) is 6.60. The molecule has 1 atom stereocenters. The number of hydrogen-bond acceptors (Lipinski definition) is 4. The van der Waals surface area contributed by atoms with Gasteiger partial charge in [-0.15, -0.1) is 11.3 Å². The summed E-state index contributed by atoms with van der Waals surface area (Å²) in [7, 11) is 0. The molecular formula is C15H16ClNO2S. The minimum absolute atomic E-state index is 0.257. The van der Waals surface area contributed by atoms with Gasteiger partial charge in [-0.25, -0.2) is 0 Å². The molecule has 0 aliphatic carbocycles. The molecule has 1 aliphatic rings. The molecule has 1 N–H and O–H groups in total. The molecule has 1 aliphatic heterocycles. The molecule has 0 bridgehead atoms. The molecule has 2 heterocycles. The van der Waals surface area contributed by atoms with Gasteiger partial charge in [0.1, 0.15) is 13.2 Å². The van der Waals surface area contributed by atoms with Crippen LogP contribution in [0.25, 0.3) is 0 Å². The number of hydrogen-bond donors (Lipinski definition) is 1. The van der Waals surface area contributed by atoms with Crippen molar-refractivity contribution in [3.63, 3.8) is 0 Å². The molecule has 1 unspecified atom stereocenters. The van der Waals surface area contributed by atoms with Crippen LogP contribution in [-0.2, 0) is 6.54 Å². The second-order valence-electron chi connectivity index (χ2n) is 4.69. The van der Waals surface area contributed by atoms with Gasteiger partial charge in [-0.3, -0.25) is 0 Å². The molecule has 3 nitrogen and oxygen atoms in total. The van der Waals surface area contributed by atoms with Crippen LogP contribution in [-0.4, -0.2) is 13.2 Å². The standard InChI is InChI=1S/C15H16ClNO2S/c1-10(13-5-6-14(16)20-13)17-9-11-3-2-4-12-15(11)19-8-7-18-12/h2-6,10,17H,7-9H2,1H3. The van der Waals surface area contributed by atoms with Gasteiger partial charge < -0.3 is 14.8 Å². The topological polar surface area (TPSA) is 30.5 Å². The predicted octanol–water partition coefficient (Wildman–Crippen LogP) is 4.02. The van der Waals surface area contributed by atoms with Crippen LogP contribution in [0.1, 0.15) is 23.4 Å². The highest BCUT2D eigenvalue weighted by Crippen LogP contribution is 2.34. The molecule has 2 aromatic rings. The van der Waals surface area contributed by atoms with Gasteiger partial charge in [0, 0.05) is 23.0 Å². The fourth-order valence-corrected chi connectivity index (χ4v) is 3.29. The summed E-state index contributed by atoms with van der Waals surface area (Å²) in [6.45, 7) is 4.10. The van der Waals surface area contributed by atoms with Crippen LogP contribution < -0.4 is 14.8 Å². The highest BCUT2D eigenvalue weighted by atomic mass is 35.5. The summed E-state index contributed by atoms with van der Waals surface area (Å²) in [6, 6.07) is 10.3. The van der Waals surface area contributed by atoms with Crippen molar-refractivity contribution >= 4 is 22.9 Å². The largest absolute Gasteiger partial charge is 0.486 e. The van der Waals surface area contributed by atoms with Crippen molar-refractivity contribution in [3.05, 3.63) is 45.1 Å². The van der Waals surface area contributed by atoms with E-state index in [2.05, 4.69) is 24.4 Å². The van der Waals surface area contributed by atoms with Crippen molar-refractivity contribution in [2.45, 2.75) is 19.5 Å². The van der Waals surface area contributed by atoms with Gasteiger partial charge in [0.25, 0.3) is 0 Å². The summed E-state index contributed by atoms with van der Waals surface area (Å²) in [5.41, 5.74) is 1.12. The quantitative estimate of drug-likeness (QED) is 0.925. The van der Waals surface area contributed by atoms with Crippen molar-refractivity contribution in [1.29, 1.82) is 0 Å². The zero-order chi connectivity index (χ0) is 13.9. The van der Waals surface area contributed by atoms with E-state index in [1.807, 2.05) is 18.2 Å². The number of halogens is 1. The maximum absolute atomic E-state index is 5.97. The highest BCUT2D eigenvalue weighted by molar-refractivity contribution is 7.16. The van der Waals surface area contributed by atoms with Crippen LogP contribution >= 0.6 is 22.9 Å². The van der Waals surface area contributed by atoms with Crippen molar-refractivity contribution in [1.82, 2.24) is 5.32 Å². The highest BCUT2D eigenvalue weighted by Gasteiger charge is 2.16. The van der Waals surface area contributed by atoms with Gasteiger partial charge in [0.15, 0.2) is 11.5 Å². The van der Waals surface area contributed by atoms with E-state index < -0.39 is 0 Å². The minimum Gasteiger partial charge on any atom is -0.486 e. The van der Waals surface area contributed by atoms with Gasteiger partial charge in [0.2, 0.25) is 0 Å². The molecule has 0 fully saturated rings. The maximum Gasteiger partial charge on any atom is 0.165 e. The van der Waals surface area contributed by atoms with Crippen LogP contribution in [0, 0.1) is 0 Å². The summed E-state index contributed by atoms with van der Waals surface area (Å²) in [5.74, 6) is 1.70. The Hall–Kier alpha value is -1.23. The molecule has 0 saturated carbocycles. The van der Waals surface area contributed by atoms with Crippen molar-refractivity contribution in [3.8, 4) is 11.5 Å². The number of para-hydroxylation sites is 1. The third kappa shape index (κ3) is 2.92. The summed E-state index contributed by atoms with van der Waals surface area (Å²) in [6.07, 6.45) is 0. The normalized spacial score (nSPS) is 15.1. The Balaban J connectivity index is 1.69. The minimum atomic E-state index is 0.257. The van der Waals surface area contributed by atoms with E-state index in [0.29, 0.717) is 13.2 Å². The Morgan fingerprint density at radius 3 is 2.90 bits per heavy atom.